The molecular weight excluding hydrogens is 394 g/mol. The Labute approximate surface area is 158 Å². The second-order valence-corrected chi connectivity index (χ2v) is 6.49. The molecule has 0 unspecified atom stereocenters. The second-order valence-electron chi connectivity index (χ2n) is 5.58. The van der Waals surface area contributed by atoms with Gasteiger partial charge >= 0.3 is 0 Å². The van der Waals surface area contributed by atoms with Crippen molar-refractivity contribution in [1.29, 1.82) is 0 Å². The molecule has 0 fully saturated rings. The molecule has 0 N–H and O–H groups in total. The minimum atomic E-state index is 0.473. The number of benzene rings is 2. The summed E-state index contributed by atoms with van der Waals surface area (Å²) >= 11 is 3.41. The molecule has 26 heavy (non-hydrogen) atoms. The smallest absolute Gasteiger partial charge is 0.258 e. The van der Waals surface area contributed by atoms with Crippen LogP contribution in [0.4, 0.5) is 0 Å². The number of pyridine rings is 1. The van der Waals surface area contributed by atoms with Crippen LogP contribution in [0.5, 0.6) is 5.88 Å². The lowest BCUT2D eigenvalue weighted by molar-refractivity contribution is 0.398. The third kappa shape index (κ3) is 3.36. The van der Waals surface area contributed by atoms with Crippen LogP contribution >= 0.6 is 15.9 Å². The molecule has 0 bridgehead atoms. The summed E-state index contributed by atoms with van der Waals surface area (Å²) in [5.74, 6) is 1.51. The lowest BCUT2D eigenvalue weighted by Crippen LogP contribution is -1.92. The van der Waals surface area contributed by atoms with E-state index < -0.39 is 0 Å². The number of hydrogen-bond acceptors (Lipinski definition) is 5. The van der Waals surface area contributed by atoms with E-state index in [1.54, 1.807) is 13.2 Å². The molecule has 4 rings (SSSR count). The van der Waals surface area contributed by atoms with Gasteiger partial charge in [-0.1, -0.05) is 39.3 Å². The Balaban J connectivity index is 1.64. The van der Waals surface area contributed by atoms with Gasteiger partial charge in [0.2, 0.25) is 5.88 Å². The van der Waals surface area contributed by atoms with Gasteiger partial charge in [-0.3, -0.25) is 0 Å². The zero-order valence-corrected chi connectivity index (χ0v) is 15.5. The monoisotopic (exact) mass is 407 g/mol. The normalized spacial score (nSPS) is 11.3. The summed E-state index contributed by atoms with van der Waals surface area (Å²) in [6.45, 7) is 0. The summed E-state index contributed by atoms with van der Waals surface area (Å²) in [5.41, 5.74) is 2.60. The van der Waals surface area contributed by atoms with Gasteiger partial charge in [0.05, 0.1) is 12.6 Å². The predicted molar refractivity (Wildman–Crippen MR) is 105 cm³/mol. The average molecular weight is 408 g/mol. The molecule has 0 atom stereocenters. The Morgan fingerprint density at radius 1 is 1.00 bits per heavy atom. The fourth-order valence-electron chi connectivity index (χ4n) is 2.57. The van der Waals surface area contributed by atoms with E-state index >= 15 is 0 Å². The third-order valence-corrected chi connectivity index (χ3v) is 4.38. The fourth-order valence-corrected chi connectivity index (χ4v) is 2.84. The average Bonchev–Trinajstić information content (AvgIpc) is 3.15. The number of nitrogens with zero attached hydrogens (tertiary/aromatic N) is 3. The van der Waals surface area contributed by atoms with E-state index in [1.165, 1.54) is 0 Å². The first-order valence-electron chi connectivity index (χ1n) is 7.94. The van der Waals surface area contributed by atoms with Crippen LogP contribution < -0.4 is 4.74 Å². The molecule has 0 radical (unpaired) electrons. The summed E-state index contributed by atoms with van der Waals surface area (Å²) < 4.78 is 11.7. The topological polar surface area (TPSA) is 61.0 Å². The molecule has 0 aliphatic rings. The molecule has 2 aromatic heterocycles. The molecule has 2 heterocycles. The van der Waals surface area contributed by atoms with E-state index in [1.807, 2.05) is 60.7 Å². The molecule has 0 spiro atoms. The van der Waals surface area contributed by atoms with Gasteiger partial charge in [-0.2, -0.15) is 4.98 Å². The number of fused-ring (bicyclic) bond motifs is 1. The number of aromatic nitrogens is 3. The molecule has 6 heteroatoms. The van der Waals surface area contributed by atoms with Crippen LogP contribution in [0.25, 0.3) is 34.5 Å². The van der Waals surface area contributed by atoms with Crippen LogP contribution in [0, 0.1) is 0 Å². The van der Waals surface area contributed by atoms with Crippen molar-refractivity contribution < 1.29 is 9.26 Å². The predicted octanol–water partition coefficient (Wildman–Crippen LogP) is 5.23. The minimum Gasteiger partial charge on any atom is -0.481 e. The van der Waals surface area contributed by atoms with Crippen LogP contribution in [-0.4, -0.2) is 22.2 Å². The fraction of sp³-hybridized carbons (Fsp3) is 0.0500. The largest absolute Gasteiger partial charge is 0.481 e. The Bertz CT molecular complexity index is 1090. The molecule has 0 amide bonds. The molecule has 4 aromatic rings. The van der Waals surface area contributed by atoms with Gasteiger partial charge < -0.3 is 9.26 Å². The number of para-hydroxylation sites is 1. The highest BCUT2D eigenvalue weighted by atomic mass is 79.9. The van der Waals surface area contributed by atoms with Gasteiger partial charge in [0.15, 0.2) is 5.82 Å². The quantitative estimate of drug-likeness (QED) is 0.463. The van der Waals surface area contributed by atoms with E-state index in [4.69, 9.17) is 9.26 Å². The summed E-state index contributed by atoms with van der Waals surface area (Å²) in [6, 6.07) is 17.6. The second kappa shape index (κ2) is 7.09. The van der Waals surface area contributed by atoms with E-state index in [2.05, 4.69) is 31.1 Å². The molecule has 2 aromatic carbocycles. The van der Waals surface area contributed by atoms with Gasteiger partial charge in [-0.05, 0) is 48.6 Å². The van der Waals surface area contributed by atoms with Gasteiger partial charge in [0.1, 0.15) is 0 Å². The molecule has 0 saturated carbocycles. The minimum absolute atomic E-state index is 0.473. The maximum absolute atomic E-state index is 5.40. The number of ether oxygens (including phenoxy) is 1. The molecule has 0 aliphatic carbocycles. The first kappa shape index (κ1) is 16.5. The first-order valence-corrected chi connectivity index (χ1v) is 8.74. The maximum Gasteiger partial charge on any atom is 0.258 e. The lowest BCUT2D eigenvalue weighted by atomic mass is 10.1. The van der Waals surface area contributed by atoms with Crippen molar-refractivity contribution in [1.82, 2.24) is 15.1 Å². The van der Waals surface area contributed by atoms with Crippen molar-refractivity contribution in [2.24, 2.45) is 0 Å². The third-order valence-electron chi connectivity index (χ3n) is 3.85. The van der Waals surface area contributed by atoms with Crippen molar-refractivity contribution in [3.8, 4) is 17.3 Å². The lowest BCUT2D eigenvalue weighted by Gasteiger charge is -2.05. The molecule has 128 valence electrons. The summed E-state index contributed by atoms with van der Waals surface area (Å²) in [6.07, 6.45) is 3.65. The van der Waals surface area contributed by atoms with Crippen molar-refractivity contribution in [3.63, 3.8) is 0 Å². The van der Waals surface area contributed by atoms with Crippen LogP contribution in [0.2, 0.25) is 0 Å². The zero-order valence-electron chi connectivity index (χ0n) is 13.9. The summed E-state index contributed by atoms with van der Waals surface area (Å²) in [5, 5.41) is 5.04. The van der Waals surface area contributed by atoms with E-state index in [9.17, 15) is 0 Å². The van der Waals surface area contributed by atoms with Crippen molar-refractivity contribution in [3.05, 3.63) is 70.5 Å². The SMILES string of the molecule is COc1nc2ccccc2cc1/C=C/c1noc(-c2ccc(Br)cc2)n1. The highest BCUT2D eigenvalue weighted by Gasteiger charge is 2.08. The standard InChI is InChI=1S/C20H14BrN3O2/c1-25-19-15(12-14-4-2-3-5-17(14)22-19)8-11-18-23-20(26-24-18)13-6-9-16(21)10-7-13/h2-12H,1H3/b11-8+. The zero-order chi connectivity index (χ0) is 17.9. The van der Waals surface area contributed by atoms with Crippen LogP contribution in [-0.2, 0) is 0 Å². The molecule has 5 nitrogen and oxygen atoms in total. The van der Waals surface area contributed by atoms with Crippen LogP contribution in [0.15, 0.2) is 63.6 Å². The first-order chi connectivity index (χ1) is 12.7. The van der Waals surface area contributed by atoms with Gasteiger partial charge in [0, 0.05) is 21.0 Å². The maximum atomic E-state index is 5.40. The van der Waals surface area contributed by atoms with Crippen LogP contribution in [0.1, 0.15) is 11.4 Å². The van der Waals surface area contributed by atoms with Gasteiger partial charge in [0.25, 0.3) is 5.89 Å². The van der Waals surface area contributed by atoms with Gasteiger partial charge in [-0.15, -0.1) is 0 Å². The molecule has 0 saturated heterocycles. The Kier molecular flexibility index (Phi) is 4.50. The van der Waals surface area contributed by atoms with Crippen LogP contribution in [0.3, 0.4) is 0 Å². The number of halogens is 1. The van der Waals surface area contributed by atoms with Crippen molar-refractivity contribution >= 4 is 39.0 Å². The van der Waals surface area contributed by atoms with E-state index in [0.29, 0.717) is 17.6 Å². The molecule has 0 aliphatic heterocycles. The Morgan fingerprint density at radius 2 is 1.81 bits per heavy atom. The highest BCUT2D eigenvalue weighted by Crippen LogP contribution is 2.24. The number of methoxy groups -OCH3 is 1. The Morgan fingerprint density at radius 3 is 2.62 bits per heavy atom. The summed E-state index contributed by atoms with van der Waals surface area (Å²) in [7, 11) is 1.61. The molecular formula is C20H14BrN3O2. The van der Waals surface area contributed by atoms with Crippen molar-refractivity contribution in [2.75, 3.05) is 7.11 Å². The van der Waals surface area contributed by atoms with E-state index in [0.717, 1.165) is 26.5 Å². The number of hydrogen-bond donors (Lipinski definition) is 0. The Hall–Kier alpha value is -2.99. The van der Waals surface area contributed by atoms with Gasteiger partial charge in [-0.25, -0.2) is 4.98 Å². The summed E-state index contributed by atoms with van der Waals surface area (Å²) in [4.78, 5) is 8.93. The number of rotatable bonds is 4. The van der Waals surface area contributed by atoms with Crippen molar-refractivity contribution in [2.45, 2.75) is 0 Å². The highest BCUT2D eigenvalue weighted by molar-refractivity contribution is 9.10. The van der Waals surface area contributed by atoms with E-state index in [-0.39, 0.29) is 0 Å².